The highest BCUT2D eigenvalue weighted by Gasteiger charge is 2.31. The number of nitrogens with zero attached hydrogens (tertiary/aromatic N) is 1. The second-order valence-corrected chi connectivity index (χ2v) is 17.9. The van der Waals surface area contributed by atoms with Crippen LogP contribution in [0.15, 0.2) is 0 Å². The predicted octanol–water partition coefficient (Wildman–Crippen LogP) is 12.6. The standard InChI is InChI=1S/C40H84NO5PS/c1-6-8-10-12-14-16-18-20-22-24-26-28-30-32-34-45-40(36-39(41(3,4)5)37-46-47(42,43)44)38-48-35-33-31-29-27-25-23-21-19-17-15-13-11-9-7-2/h39-40H,6-38H2,1-5H3,(H-,42,43,44)/p+1. The molecule has 0 rings (SSSR count). The third-order valence-electron chi connectivity index (χ3n) is 9.86. The smallest absolute Gasteiger partial charge is 0.377 e. The number of quaternary nitrogens is 1. The second-order valence-electron chi connectivity index (χ2n) is 15.6. The van der Waals surface area contributed by atoms with Gasteiger partial charge in [0, 0.05) is 18.8 Å². The maximum atomic E-state index is 11.4. The SMILES string of the molecule is CCCCCCCCCCCCCCCCOC(CSCCCCCCCCCCCCCCCC)CC(COP(=O)(O)O)[N+](C)(C)C. The van der Waals surface area contributed by atoms with E-state index in [-0.39, 0.29) is 18.8 Å². The summed E-state index contributed by atoms with van der Waals surface area (Å²) in [6, 6.07) is -0.0411. The van der Waals surface area contributed by atoms with Crippen molar-refractivity contribution in [3.8, 4) is 0 Å². The monoisotopic (exact) mass is 723 g/mol. The molecule has 2 atom stereocenters. The van der Waals surface area contributed by atoms with E-state index >= 15 is 0 Å². The normalized spacial score (nSPS) is 13.7. The molecular weight excluding hydrogens is 637 g/mol. The molecule has 2 N–H and O–H groups in total. The van der Waals surface area contributed by atoms with Gasteiger partial charge in [-0.2, -0.15) is 11.8 Å². The van der Waals surface area contributed by atoms with Crippen molar-refractivity contribution in [2.24, 2.45) is 0 Å². The molecule has 0 aromatic rings. The fourth-order valence-electron chi connectivity index (χ4n) is 6.44. The van der Waals surface area contributed by atoms with Crippen LogP contribution in [-0.4, -0.2) is 72.3 Å². The van der Waals surface area contributed by atoms with E-state index in [1.807, 2.05) is 11.8 Å². The lowest BCUT2D eigenvalue weighted by molar-refractivity contribution is -0.897. The molecule has 8 heteroatoms. The van der Waals surface area contributed by atoms with Gasteiger partial charge in [0.2, 0.25) is 0 Å². The molecule has 0 aliphatic heterocycles. The highest BCUT2D eigenvalue weighted by Crippen LogP contribution is 2.36. The first-order chi connectivity index (χ1) is 23.1. The summed E-state index contributed by atoms with van der Waals surface area (Å²) >= 11 is 1.98. The van der Waals surface area contributed by atoms with Gasteiger partial charge in [-0.25, -0.2) is 4.57 Å². The summed E-state index contributed by atoms with van der Waals surface area (Å²) in [5.74, 6) is 2.09. The zero-order chi connectivity index (χ0) is 35.6. The van der Waals surface area contributed by atoms with Crippen LogP contribution in [0.1, 0.15) is 200 Å². The van der Waals surface area contributed by atoms with Crippen LogP contribution in [0.4, 0.5) is 0 Å². The molecule has 0 heterocycles. The Morgan fingerprint density at radius 3 is 1.27 bits per heavy atom. The van der Waals surface area contributed by atoms with Crippen LogP contribution in [0.5, 0.6) is 0 Å². The van der Waals surface area contributed by atoms with Gasteiger partial charge in [-0.1, -0.05) is 181 Å². The molecule has 290 valence electrons. The second kappa shape index (κ2) is 34.5. The van der Waals surface area contributed by atoms with Gasteiger partial charge in [0.15, 0.2) is 0 Å². The van der Waals surface area contributed by atoms with E-state index in [9.17, 15) is 14.4 Å². The number of rotatable bonds is 39. The van der Waals surface area contributed by atoms with Crippen LogP contribution in [0.2, 0.25) is 0 Å². The fraction of sp³-hybridized carbons (Fsp3) is 1.00. The molecule has 0 fully saturated rings. The molecule has 2 unspecified atom stereocenters. The number of phosphoric acid groups is 1. The highest BCUT2D eigenvalue weighted by molar-refractivity contribution is 7.99. The Morgan fingerprint density at radius 1 is 0.562 bits per heavy atom. The van der Waals surface area contributed by atoms with E-state index in [4.69, 9.17) is 9.26 Å². The molecular formula is C40H85NO5PS+. The van der Waals surface area contributed by atoms with Gasteiger partial charge in [-0.15, -0.1) is 0 Å². The third-order valence-corrected chi connectivity index (χ3v) is 11.5. The molecule has 0 aliphatic carbocycles. The van der Waals surface area contributed by atoms with Crippen LogP contribution in [-0.2, 0) is 13.8 Å². The summed E-state index contributed by atoms with van der Waals surface area (Å²) in [6.07, 6.45) is 39.1. The van der Waals surface area contributed by atoms with Gasteiger partial charge in [-0.3, -0.25) is 4.52 Å². The van der Waals surface area contributed by atoms with Gasteiger partial charge in [0.1, 0.15) is 12.6 Å². The Hall–Kier alpha value is 0.380. The van der Waals surface area contributed by atoms with Crippen LogP contribution in [0.25, 0.3) is 0 Å². The van der Waals surface area contributed by atoms with Gasteiger partial charge >= 0.3 is 7.82 Å². The average molecular weight is 723 g/mol. The lowest BCUT2D eigenvalue weighted by atomic mass is 10.0. The molecule has 48 heavy (non-hydrogen) atoms. The van der Waals surface area contributed by atoms with Crippen LogP contribution in [0, 0.1) is 0 Å². The summed E-state index contributed by atoms with van der Waals surface area (Å²) in [6.45, 7) is 5.38. The zero-order valence-corrected chi connectivity index (χ0v) is 34.6. The van der Waals surface area contributed by atoms with Crippen molar-refractivity contribution >= 4 is 19.6 Å². The van der Waals surface area contributed by atoms with Crippen molar-refractivity contribution in [2.75, 3.05) is 45.9 Å². The number of hydrogen-bond donors (Lipinski definition) is 2. The lowest BCUT2D eigenvalue weighted by Crippen LogP contribution is -2.49. The number of thioether (sulfide) groups is 1. The first-order valence-electron chi connectivity index (χ1n) is 20.8. The number of phosphoric ester groups is 1. The number of likely N-dealkylation sites (N-methyl/N-ethyl adjacent to an activating group) is 1. The van der Waals surface area contributed by atoms with Gasteiger partial charge in [0.25, 0.3) is 0 Å². The minimum absolute atomic E-state index is 0.0378. The first kappa shape index (κ1) is 48.4. The summed E-state index contributed by atoms with van der Waals surface area (Å²) in [5.41, 5.74) is 0. The lowest BCUT2D eigenvalue weighted by Gasteiger charge is -2.36. The predicted molar refractivity (Wildman–Crippen MR) is 212 cm³/mol. The minimum atomic E-state index is -4.50. The molecule has 0 aromatic heterocycles. The molecule has 0 saturated carbocycles. The quantitative estimate of drug-likeness (QED) is 0.0374. The van der Waals surface area contributed by atoms with Crippen molar-refractivity contribution in [3.63, 3.8) is 0 Å². The van der Waals surface area contributed by atoms with Crippen molar-refractivity contribution in [1.82, 2.24) is 0 Å². The fourth-order valence-corrected chi connectivity index (χ4v) is 7.88. The van der Waals surface area contributed by atoms with E-state index in [0.717, 1.165) is 31.0 Å². The third kappa shape index (κ3) is 36.2. The Labute approximate surface area is 304 Å². The Morgan fingerprint density at radius 2 is 0.917 bits per heavy atom. The van der Waals surface area contributed by atoms with Crippen molar-refractivity contribution in [2.45, 2.75) is 212 Å². The molecule has 0 amide bonds. The van der Waals surface area contributed by atoms with E-state index in [0.29, 0.717) is 4.48 Å². The van der Waals surface area contributed by atoms with Gasteiger partial charge < -0.3 is 19.0 Å². The topological polar surface area (TPSA) is 76.0 Å². The molecule has 0 bridgehead atoms. The molecule has 0 aliphatic rings. The van der Waals surface area contributed by atoms with Crippen molar-refractivity contribution in [3.05, 3.63) is 0 Å². The Kier molecular flexibility index (Phi) is 34.7. The number of unbranched alkanes of at least 4 members (excludes halogenated alkanes) is 26. The molecule has 0 aromatic carbocycles. The van der Waals surface area contributed by atoms with Crippen molar-refractivity contribution < 1.29 is 28.1 Å². The summed E-state index contributed by atoms with van der Waals surface area (Å²) < 4.78 is 23.5. The molecule has 0 radical (unpaired) electrons. The maximum Gasteiger partial charge on any atom is 0.469 e. The van der Waals surface area contributed by atoms with E-state index < -0.39 is 7.82 Å². The Bertz CT molecular complexity index is 702. The first-order valence-corrected chi connectivity index (χ1v) is 23.5. The Balaban J connectivity index is 4.23. The molecule has 0 saturated heterocycles. The van der Waals surface area contributed by atoms with Gasteiger partial charge in [0.05, 0.1) is 27.2 Å². The summed E-state index contributed by atoms with van der Waals surface area (Å²) in [4.78, 5) is 18.6. The molecule has 0 spiro atoms. The van der Waals surface area contributed by atoms with Crippen LogP contribution in [0.3, 0.4) is 0 Å². The molecule has 6 nitrogen and oxygen atoms in total. The largest absolute Gasteiger partial charge is 0.469 e. The van der Waals surface area contributed by atoms with Crippen LogP contribution >= 0.6 is 19.6 Å². The van der Waals surface area contributed by atoms with Gasteiger partial charge in [-0.05, 0) is 18.6 Å². The van der Waals surface area contributed by atoms with Crippen LogP contribution < -0.4 is 0 Å². The summed E-state index contributed by atoms with van der Waals surface area (Å²) in [7, 11) is 1.71. The minimum Gasteiger partial charge on any atom is -0.377 e. The van der Waals surface area contributed by atoms with E-state index in [1.54, 1.807) is 0 Å². The average Bonchev–Trinajstić information content (AvgIpc) is 3.03. The maximum absolute atomic E-state index is 11.4. The van der Waals surface area contributed by atoms with Crippen molar-refractivity contribution in [1.29, 1.82) is 0 Å². The zero-order valence-electron chi connectivity index (χ0n) is 32.9. The van der Waals surface area contributed by atoms with E-state index in [1.165, 1.54) is 173 Å². The number of hydrogen-bond acceptors (Lipinski definition) is 4. The summed E-state index contributed by atoms with van der Waals surface area (Å²) in [5, 5.41) is 0. The highest BCUT2D eigenvalue weighted by atomic mass is 32.2. The number of ether oxygens (including phenoxy) is 1. The van der Waals surface area contributed by atoms with E-state index in [2.05, 4.69) is 35.0 Å².